The molecular weight excluding hydrogens is 300 g/mol. The fraction of sp³-hybridized carbons (Fsp3) is 0.562. The molecule has 0 fully saturated rings. The third kappa shape index (κ3) is 6.15. The van der Waals surface area contributed by atoms with Gasteiger partial charge in [-0.2, -0.15) is 4.31 Å². The summed E-state index contributed by atoms with van der Waals surface area (Å²) < 4.78 is 25.0. The number of carbonyl (C=O) groups is 1. The first kappa shape index (κ1) is 18.6. The highest BCUT2D eigenvalue weighted by molar-refractivity contribution is 7.88. The summed E-state index contributed by atoms with van der Waals surface area (Å²) in [6.45, 7) is 7.93. The Morgan fingerprint density at radius 1 is 1.18 bits per heavy atom. The second kappa shape index (κ2) is 7.74. The van der Waals surface area contributed by atoms with E-state index in [0.29, 0.717) is 5.92 Å². The predicted molar refractivity (Wildman–Crippen MR) is 88.9 cm³/mol. The number of nitrogens with one attached hydrogen (secondary N) is 1. The van der Waals surface area contributed by atoms with Gasteiger partial charge in [-0.3, -0.25) is 4.79 Å². The first-order valence-corrected chi connectivity index (χ1v) is 9.24. The number of rotatable bonds is 7. The average molecular weight is 326 g/mol. The van der Waals surface area contributed by atoms with Crippen molar-refractivity contribution in [1.29, 1.82) is 0 Å². The minimum atomic E-state index is -3.45. The van der Waals surface area contributed by atoms with E-state index in [1.807, 2.05) is 52.0 Å². The summed E-state index contributed by atoms with van der Waals surface area (Å²) >= 11 is 0. The molecule has 0 radical (unpaired) electrons. The van der Waals surface area contributed by atoms with Gasteiger partial charge in [-0.25, -0.2) is 8.42 Å². The fourth-order valence-electron chi connectivity index (χ4n) is 1.81. The van der Waals surface area contributed by atoms with Gasteiger partial charge in [-0.15, -0.1) is 0 Å². The number of hydrogen-bond acceptors (Lipinski definition) is 3. The van der Waals surface area contributed by atoms with E-state index in [1.54, 1.807) is 0 Å². The summed E-state index contributed by atoms with van der Waals surface area (Å²) in [4.78, 5) is 12.0. The maximum Gasteiger partial charge on any atom is 0.235 e. The standard InChI is InChI=1S/C16H26N2O3S/c1-12(2)14(4)17-16(19)11-18(22(5,20)21)10-15-8-6-13(3)7-9-15/h6-9,12,14H,10-11H2,1-5H3,(H,17,19). The van der Waals surface area contributed by atoms with Crippen molar-refractivity contribution in [3.05, 3.63) is 35.4 Å². The van der Waals surface area contributed by atoms with Gasteiger partial charge in [-0.05, 0) is 25.3 Å². The van der Waals surface area contributed by atoms with Gasteiger partial charge in [0.2, 0.25) is 15.9 Å². The normalized spacial score (nSPS) is 13.4. The van der Waals surface area contributed by atoms with Gasteiger partial charge in [0.05, 0.1) is 12.8 Å². The van der Waals surface area contributed by atoms with Crippen molar-refractivity contribution in [3.8, 4) is 0 Å². The minimum absolute atomic E-state index is 0.00767. The van der Waals surface area contributed by atoms with Crippen LogP contribution in [0.25, 0.3) is 0 Å². The average Bonchev–Trinajstić information content (AvgIpc) is 2.39. The zero-order valence-corrected chi connectivity index (χ0v) is 14.8. The molecule has 1 unspecified atom stereocenters. The third-order valence-electron chi connectivity index (χ3n) is 3.66. The fourth-order valence-corrected chi connectivity index (χ4v) is 2.55. The smallest absolute Gasteiger partial charge is 0.235 e. The lowest BCUT2D eigenvalue weighted by Gasteiger charge is -2.22. The van der Waals surface area contributed by atoms with E-state index < -0.39 is 10.0 Å². The Morgan fingerprint density at radius 3 is 2.18 bits per heavy atom. The molecule has 1 rings (SSSR count). The van der Waals surface area contributed by atoms with Crippen molar-refractivity contribution >= 4 is 15.9 Å². The highest BCUT2D eigenvalue weighted by Gasteiger charge is 2.21. The maximum atomic E-state index is 12.0. The Bertz CT molecular complexity index is 594. The van der Waals surface area contributed by atoms with Crippen LogP contribution in [0, 0.1) is 12.8 Å². The molecule has 0 heterocycles. The van der Waals surface area contributed by atoms with Crippen LogP contribution in [0.15, 0.2) is 24.3 Å². The minimum Gasteiger partial charge on any atom is -0.352 e. The second-order valence-corrected chi connectivity index (χ2v) is 8.10. The molecule has 124 valence electrons. The Kier molecular flexibility index (Phi) is 6.56. The van der Waals surface area contributed by atoms with E-state index in [4.69, 9.17) is 0 Å². The van der Waals surface area contributed by atoms with Crippen LogP contribution in [0.1, 0.15) is 31.9 Å². The van der Waals surface area contributed by atoms with Gasteiger partial charge in [0, 0.05) is 12.6 Å². The third-order valence-corrected chi connectivity index (χ3v) is 4.85. The van der Waals surface area contributed by atoms with Crippen LogP contribution in [-0.4, -0.2) is 37.5 Å². The summed E-state index contributed by atoms with van der Waals surface area (Å²) in [5, 5.41) is 2.83. The van der Waals surface area contributed by atoms with E-state index in [0.717, 1.165) is 17.4 Å². The number of aryl methyl sites for hydroxylation is 1. The number of nitrogens with zero attached hydrogens (tertiary/aromatic N) is 1. The molecule has 1 atom stereocenters. The Hall–Kier alpha value is -1.40. The zero-order valence-electron chi connectivity index (χ0n) is 14.0. The molecule has 5 nitrogen and oxygen atoms in total. The molecule has 0 saturated heterocycles. The molecule has 1 N–H and O–H groups in total. The van der Waals surface area contributed by atoms with Crippen LogP contribution in [0.3, 0.4) is 0 Å². The van der Waals surface area contributed by atoms with Gasteiger partial charge in [0.25, 0.3) is 0 Å². The second-order valence-electron chi connectivity index (χ2n) is 6.12. The van der Waals surface area contributed by atoms with Gasteiger partial charge < -0.3 is 5.32 Å². The quantitative estimate of drug-likeness (QED) is 0.832. The molecule has 0 aromatic heterocycles. The number of sulfonamides is 1. The van der Waals surface area contributed by atoms with Crippen LogP contribution in [0.4, 0.5) is 0 Å². The van der Waals surface area contributed by atoms with E-state index in [-0.39, 0.29) is 25.0 Å². The first-order chi connectivity index (χ1) is 10.1. The van der Waals surface area contributed by atoms with Gasteiger partial charge in [0.1, 0.15) is 0 Å². The van der Waals surface area contributed by atoms with Crippen LogP contribution < -0.4 is 5.32 Å². The zero-order chi connectivity index (χ0) is 16.9. The molecule has 0 aliphatic rings. The van der Waals surface area contributed by atoms with E-state index in [9.17, 15) is 13.2 Å². The molecule has 0 aliphatic heterocycles. The molecule has 0 bridgehead atoms. The monoisotopic (exact) mass is 326 g/mol. The lowest BCUT2D eigenvalue weighted by molar-refractivity contribution is -0.122. The molecule has 6 heteroatoms. The summed E-state index contributed by atoms with van der Waals surface area (Å²) in [5.41, 5.74) is 1.97. The molecule has 1 aromatic carbocycles. The van der Waals surface area contributed by atoms with Crippen molar-refractivity contribution in [3.63, 3.8) is 0 Å². The topological polar surface area (TPSA) is 66.5 Å². The molecule has 1 aromatic rings. The van der Waals surface area contributed by atoms with Crippen molar-refractivity contribution in [2.24, 2.45) is 5.92 Å². The Labute approximate surface area is 133 Å². The first-order valence-electron chi connectivity index (χ1n) is 7.39. The van der Waals surface area contributed by atoms with Gasteiger partial charge in [-0.1, -0.05) is 43.7 Å². The van der Waals surface area contributed by atoms with E-state index >= 15 is 0 Å². The van der Waals surface area contributed by atoms with Crippen molar-refractivity contribution < 1.29 is 13.2 Å². The van der Waals surface area contributed by atoms with Crippen LogP contribution >= 0.6 is 0 Å². The van der Waals surface area contributed by atoms with Crippen molar-refractivity contribution in [2.75, 3.05) is 12.8 Å². The highest BCUT2D eigenvalue weighted by atomic mass is 32.2. The number of carbonyl (C=O) groups excluding carboxylic acids is 1. The van der Waals surface area contributed by atoms with Crippen molar-refractivity contribution in [1.82, 2.24) is 9.62 Å². The number of benzene rings is 1. The summed E-state index contributed by atoms with van der Waals surface area (Å²) in [6.07, 6.45) is 1.13. The van der Waals surface area contributed by atoms with Gasteiger partial charge >= 0.3 is 0 Å². The van der Waals surface area contributed by atoms with Crippen LogP contribution in [0.5, 0.6) is 0 Å². The summed E-state index contributed by atoms with van der Waals surface area (Å²) in [5.74, 6) is 0.0199. The molecule has 1 amide bonds. The Morgan fingerprint density at radius 2 is 1.73 bits per heavy atom. The molecule has 0 spiro atoms. The van der Waals surface area contributed by atoms with Crippen LogP contribution in [0.2, 0.25) is 0 Å². The van der Waals surface area contributed by atoms with Crippen LogP contribution in [-0.2, 0) is 21.4 Å². The molecular formula is C16H26N2O3S. The van der Waals surface area contributed by atoms with Crippen molar-refractivity contribution in [2.45, 2.75) is 40.3 Å². The van der Waals surface area contributed by atoms with E-state index in [2.05, 4.69) is 5.32 Å². The molecule has 0 aliphatic carbocycles. The number of amides is 1. The Balaban J connectivity index is 2.78. The van der Waals surface area contributed by atoms with Gasteiger partial charge in [0.15, 0.2) is 0 Å². The number of hydrogen-bond donors (Lipinski definition) is 1. The lowest BCUT2D eigenvalue weighted by Crippen LogP contribution is -2.44. The SMILES string of the molecule is Cc1ccc(CN(CC(=O)NC(C)C(C)C)S(C)(=O)=O)cc1. The molecule has 22 heavy (non-hydrogen) atoms. The highest BCUT2D eigenvalue weighted by Crippen LogP contribution is 2.10. The maximum absolute atomic E-state index is 12.0. The molecule has 0 saturated carbocycles. The van der Waals surface area contributed by atoms with E-state index in [1.165, 1.54) is 4.31 Å². The largest absolute Gasteiger partial charge is 0.352 e. The summed E-state index contributed by atoms with van der Waals surface area (Å²) in [7, 11) is -3.45. The summed E-state index contributed by atoms with van der Waals surface area (Å²) in [6, 6.07) is 7.62. The lowest BCUT2D eigenvalue weighted by atomic mass is 10.1. The predicted octanol–water partition coefficient (Wildman–Crippen LogP) is 1.92.